The molecule has 1 aliphatic rings. The maximum absolute atomic E-state index is 3.71. The van der Waals surface area contributed by atoms with Gasteiger partial charge in [0.1, 0.15) is 0 Å². The second kappa shape index (κ2) is 5.75. The molecule has 0 aromatic rings. The van der Waals surface area contributed by atoms with E-state index in [1.807, 2.05) is 0 Å². The van der Waals surface area contributed by atoms with Crippen LogP contribution in [0.4, 0.5) is 0 Å². The lowest BCUT2D eigenvalue weighted by atomic mass is 9.82. The summed E-state index contributed by atoms with van der Waals surface area (Å²) in [6.07, 6.45) is 5.82. The number of hydrogen-bond acceptors (Lipinski definition) is 1. The molecule has 0 heterocycles. The topological polar surface area (TPSA) is 12.0 Å². The minimum atomic E-state index is 0.766. The highest BCUT2D eigenvalue weighted by molar-refractivity contribution is 4.85. The third-order valence-electron chi connectivity index (χ3n) is 3.97. The average Bonchev–Trinajstić information content (AvgIpc) is 2.65. The smallest absolute Gasteiger partial charge is 0.0123 e. The van der Waals surface area contributed by atoms with E-state index < -0.39 is 0 Å². The first-order valence-electron chi connectivity index (χ1n) is 6.40. The number of hydrogen-bond donors (Lipinski definition) is 1. The van der Waals surface area contributed by atoms with Crippen molar-refractivity contribution in [2.75, 3.05) is 6.54 Å². The van der Waals surface area contributed by atoms with E-state index in [9.17, 15) is 0 Å². The van der Waals surface area contributed by atoms with Crippen LogP contribution in [0.15, 0.2) is 0 Å². The van der Waals surface area contributed by atoms with Crippen molar-refractivity contribution in [1.29, 1.82) is 0 Å². The van der Waals surface area contributed by atoms with E-state index in [0.29, 0.717) is 0 Å². The highest BCUT2D eigenvalue weighted by Crippen LogP contribution is 2.32. The summed E-state index contributed by atoms with van der Waals surface area (Å²) in [7, 11) is 0. The maximum Gasteiger partial charge on any atom is 0.0123 e. The fourth-order valence-electron chi connectivity index (χ4n) is 2.75. The van der Waals surface area contributed by atoms with E-state index in [0.717, 1.165) is 30.3 Å². The van der Waals surface area contributed by atoms with Gasteiger partial charge in [-0.05, 0) is 37.1 Å². The van der Waals surface area contributed by atoms with Crippen LogP contribution in [0.25, 0.3) is 0 Å². The zero-order valence-electron chi connectivity index (χ0n) is 10.3. The first-order valence-corrected chi connectivity index (χ1v) is 6.40. The van der Waals surface area contributed by atoms with Crippen LogP contribution in [-0.2, 0) is 0 Å². The van der Waals surface area contributed by atoms with Crippen molar-refractivity contribution >= 4 is 0 Å². The molecular weight excluding hydrogens is 170 g/mol. The van der Waals surface area contributed by atoms with E-state index in [1.165, 1.54) is 25.7 Å². The van der Waals surface area contributed by atoms with Crippen molar-refractivity contribution in [2.24, 2.45) is 17.8 Å². The molecule has 1 saturated carbocycles. The quantitative estimate of drug-likeness (QED) is 0.712. The minimum Gasteiger partial charge on any atom is -0.314 e. The van der Waals surface area contributed by atoms with Crippen LogP contribution in [-0.4, -0.2) is 12.6 Å². The number of nitrogens with one attached hydrogen (secondary N) is 1. The molecule has 0 radical (unpaired) electrons. The van der Waals surface area contributed by atoms with Crippen molar-refractivity contribution in [2.45, 2.75) is 59.4 Å². The van der Waals surface area contributed by atoms with Gasteiger partial charge in [0.15, 0.2) is 0 Å². The molecule has 1 N–H and O–H groups in total. The average molecular weight is 197 g/mol. The zero-order chi connectivity index (χ0) is 10.6. The molecule has 0 aromatic heterocycles. The summed E-state index contributed by atoms with van der Waals surface area (Å²) in [6.45, 7) is 10.5. The van der Waals surface area contributed by atoms with Crippen molar-refractivity contribution < 1.29 is 0 Å². The predicted molar refractivity (Wildman–Crippen MR) is 63.4 cm³/mol. The molecule has 0 saturated heterocycles. The summed E-state index contributed by atoms with van der Waals surface area (Å²) in [5.74, 6) is 2.57. The Kier molecular flexibility index (Phi) is 4.94. The Morgan fingerprint density at radius 2 is 1.71 bits per heavy atom. The van der Waals surface area contributed by atoms with E-state index in [-0.39, 0.29) is 0 Å². The molecule has 1 aliphatic carbocycles. The molecule has 84 valence electrons. The SMILES string of the molecule is CCNC(C1CCCC1)C(C)C(C)C. The van der Waals surface area contributed by atoms with Gasteiger partial charge >= 0.3 is 0 Å². The molecule has 14 heavy (non-hydrogen) atoms. The van der Waals surface area contributed by atoms with Gasteiger partial charge in [-0.1, -0.05) is 40.5 Å². The van der Waals surface area contributed by atoms with E-state index in [4.69, 9.17) is 0 Å². The Morgan fingerprint density at radius 1 is 1.14 bits per heavy atom. The Hall–Kier alpha value is -0.0400. The Morgan fingerprint density at radius 3 is 2.14 bits per heavy atom. The molecule has 2 unspecified atom stereocenters. The summed E-state index contributed by atoms with van der Waals surface area (Å²) < 4.78 is 0. The van der Waals surface area contributed by atoms with Crippen molar-refractivity contribution in [1.82, 2.24) is 5.32 Å². The van der Waals surface area contributed by atoms with Crippen LogP contribution in [0.1, 0.15) is 53.4 Å². The normalized spacial score (nSPS) is 22.9. The Bertz CT molecular complexity index is 145. The molecule has 0 aromatic carbocycles. The fraction of sp³-hybridized carbons (Fsp3) is 1.00. The largest absolute Gasteiger partial charge is 0.314 e. The first-order chi connectivity index (χ1) is 6.66. The molecule has 1 heteroatoms. The van der Waals surface area contributed by atoms with E-state index >= 15 is 0 Å². The predicted octanol–water partition coefficient (Wildman–Crippen LogP) is 3.45. The summed E-state index contributed by atoms with van der Waals surface area (Å²) in [6, 6.07) is 0.766. The van der Waals surface area contributed by atoms with Gasteiger partial charge in [0, 0.05) is 6.04 Å². The van der Waals surface area contributed by atoms with Crippen LogP contribution in [0.3, 0.4) is 0 Å². The number of rotatable bonds is 5. The van der Waals surface area contributed by atoms with Crippen LogP contribution >= 0.6 is 0 Å². The van der Waals surface area contributed by atoms with Crippen LogP contribution in [0.2, 0.25) is 0 Å². The second-order valence-electron chi connectivity index (χ2n) is 5.23. The minimum absolute atomic E-state index is 0.766. The van der Waals surface area contributed by atoms with E-state index in [2.05, 4.69) is 33.0 Å². The van der Waals surface area contributed by atoms with Crippen molar-refractivity contribution in [3.05, 3.63) is 0 Å². The molecule has 0 amide bonds. The lowest BCUT2D eigenvalue weighted by molar-refractivity contribution is 0.227. The molecule has 0 aliphatic heterocycles. The Balaban J connectivity index is 2.52. The molecule has 1 rings (SSSR count). The summed E-state index contributed by atoms with van der Waals surface area (Å²) in [5, 5.41) is 3.71. The molecule has 0 bridgehead atoms. The van der Waals surface area contributed by atoms with Gasteiger partial charge in [0.05, 0.1) is 0 Å². The molecule has 1 fully saturated rings. The van der Waals surface area contributed by atoms with Gasteiger partial charge in [-0.2, -0.15) is 0 Å². The van der Waals surface area contributed by atoms with Gasteiger partial charge in [0.2, 0.25) is 0 Å². The third kappa shape index (κ3) is 2.98. The van der Waals surface area contributed by atoms with Gasteiger partial charge in [-0.3, -0.25) is 0 Å². The van der Waals surface area contributed by atoms with Gasteiger partial charge < -0.3 is 5.32 Å². The highest BCUT2D eigenvalue weighted by atomic mass is 14.9. The summed E-state index contributed by atoms with van der Waals surface area (Å²) >= 11 is 0. The van der Waals surface area contributed by atoms with Crippen LogP contribution in [0, 0.1) is 17.8 Å². The molecule has 2 atom stereocenters. The highest BCUT2D eigenvalue weighted by Gasteiger charge is 2.29. The van der Waals surface area contributed by atoms with Crippen LogP contribution < -0.4 is 5.32 Å². The Labute approximate surface area is 89.7 Å². The van der Waals surface area contributed by atoms with Gasteiger partial charge in [0.25, 0.3) is 0 Å². The lowest BCUT2D eigenvalue weighted by Crippen LogP contribution is -2.42. The zero-order valence-corrected chi connectivity index (χ0v) is 10.3. The van der Waals surface area contributed by atoms with Gasteiger partial charge in [-0.25, -0.2) is 0 Å². The molecule has 1 nitrogen and oxygen atoms in total. The first kappa shape index (κ1) is 12.0. The molecule has 0 spiro atoms. The van der Waals surface area contributed by atoms with E-state index in [1.54, 1.807) is 0 Å². The lowest BCUT2D eigenvalue weighted by Gasteiger charge is -2.32. The fourth-order valence-corrected chi connectivity index (χ4v) is 2.75. The maximum atomic E-state index is 3.71. The summed E-state index contributed by atoms with van der Waals surface area (Å²) in [4.78, 5) is 0. The second-order valence-corrected chi connectivity index (χ2v) is 5.23. The van der Waals surface area contributed by atoms with Crippen LogP contribution in [0.5, 0.6) is 0 Å². The third-order valence-corrected chi connectivity index (χ3v) is 3.97. The monoisotopic (exact) mass is 197 g/mol. The standard InChI is InChI=1S/C13H27N/c1-5-14-13(11(4)10(2)3)12-8-6-7-9-12/h10-14H,5-9H2,1-4H3. The molecular formula is C13H27N. The summed E-state index contributed by atoms with van der Waals surface area (Å²) in [5.41, 5.74) is 0. The van der Waals surface area contributed by atoms with Gasteiger partial charge in [-0.15, -0.1) is 0 Å². The van der Waals surface area contributed by atoms with Crippen molar-refractivity contribution in [3.8, 4) is 0 Å². The van der Waals surface area contributed by atoms with Crippen molar-refractivity contribution in [3.63, 3.8) is 0 Å².